The van der Waals surface area contributed by atoms with E-state index < -0.39 is 10.8 Å². The molecule has 34 heavy (non-hydrogen) atoms. The molecule has 0 fully saturated rings. The van der Waals surface area contributed by atoms with Crippen molar-refractivity contribution < 1.29 is 9.32 Å². The molecule has 2 aromatic heterocycles. The first-order chi connectivity index (χ1) is 16.5. The Kier molecular flexibility index (Phi) is 4.86. The van der Waals surface area contributed by atoms with Crippen molar-refractivity contribution in [2.24, 2.45) is 7.05 Å². The monoisotopic (exact) mass is 469 g/mol. The molecule has 0 spiro atoms. The van der Waals surface area contributed by atoms with Gasteiger partial charge in [0.15, 0.2) is 11.6 Å². The molecule has 3 N–H and O–H groups in total. The molecule has 0 bridgehead atoms. The molecule has 1 aliphatic rings. The molecule has 1 atom stereocenters. The lowest BCUT2D eigenvalue weighted by Crippen LogP contribution is -1.99. The lowest BCUT2D eigenvalue weighted by Gasteiger charge is -2.05. The van der Waals surface area contributed by atoms with Gasteiger partial charge >= 0.3 is 0 Å². The second-order valence-corrected chi connectivity index (χ2v) is 9.94. The van der Waals surface area contributed by atoms with Gasteiger partial charge in [0.2, 0.25) is 0 Å². The van der Waals surface area contributed by atoms with E-state index in [0.29, 0.717) is 17.2 Å². The number of nitrogens with one attached hydrogen (secondary N) is 2. The van der Waals surface area contributed by atoms with Crippen LogP contribution >= 0.6 is 0 Å². The smallest absolute Gasteiger partial charge is 0.173 e. The molecule has 0 radical (unpaired) electrons. The molecule has 5 aromatic rings. The van der Waals surface area contributed by atoms with Gasteiger partial charge in [-0.1, -0.05) is 36.4 Å². The average molecular weight is 470 g/mol. The van der Waals surface area contributed by atoms with Crippen molar-refractivity contribution in [3.05, 3.63) is 71.8 Å². The van der Waals surface area contributed by atoms with E-state index in [2.05, 4.69) is 27.5 Å². The second kappa shape index (κ2) is 7.93. The number of hydrogen-bond donors (Lipinski definition) is 3. The van der Waals surface area contributed by atoms with Crippen LogP contribution in [0.2, 0.25) is 0 Å². The van der Waals surface area contributed by atoms with Crippen LogP contribution in [0, 0.1) is 0 Å². The fourth-order valence-corrected chi connectivity index (χ4v) is 5.13. The van der Waals surface area contributed by atoms with Crippen molar-refractivity contribution in [3.8, 4) is 39.7 Å². The maximum absolute atomic E-state index is 11.8. The summed E-state index contributed by atoms with van der Waals surface area (Å²) in [5.41, 5.74) is 8.20. The highest BCUT2D eigenvalue weighted by Gasteiger charge is 2.22. The number of rotatable bonds is 4. The van der Waals surface area contributed by atoms with Gasteiger partial charge in [0.05, 0.1) is 11.0 Å². The van der Waals surface area contributed by atoms with Crippen LogP contribution in [-0.2, 0) is 30.9 Å². The third-order valence-electron chi connectivity index (χ3n) is 6.34. The van der Waals surface area contributed by atoms with E-state index in [-0.39, 0.29) is 5.75 Å². The third-order valence-corrected chi connectivity index (χ3v) is 7.26. The van der Waals surface area contributed by atoms with Crippen molar-refractivity contribution >= 4 is 21.8 Å². The number of aryl methyl sites for hydroxylation is 1. The summed E-state index contributed by atoms with van der Waals surface area (Å²) >= 11 is 0. The number of imidazole rings is 1. The summed E-state index contributed by atoms with van der Waals surface area (Å²) < 4.78 is 13.5. The summed E-state index contributed by atoms with van der Waals surface area (Å²) in [4.78, 5) is 8.88. The van der Waals surface area contributed by atoms with Gasteiger partial charge in [-0.3, -0.25) is 8.89 Å². The van der Waals surface area contributed by atoms with Crippen LogP contribution in [0.4, 0.5) is 0 Å². The fraction of sp³-hybridized carbons (Fsp3) is 0.154. The molecular formula is C26H23N5O2S. The largest absolute Gasteiger partial charge is 0.504 e. The van der Waals surface area contributed by atoms with Gasteiger partial charge in [-0.05, 0) is 46.5 Å². The number of H-pyrrole nitrogens is 1. The Labute approximate surface area is 198 Å². The maximum Gasteiger partial charge on any atom is 0.173 e. The zero-order valence-electron chi connectivity index (χ0n) is 18.8. The molecule has 0 saturated carbocycles. The fourth-order valence-electron chi connectivity index (χ4n) is 4.57. The third kappa shape index (κ3) is 3.43. The van der Waals surface area contributed by atoms with E-state index >= 15 is 0 Å². The van der Waals surface area contributed by atoms with E-state index in [9.17, 15) is 9.32 Å². The van der Waals surface area contributed by atoms with Crippen LogP contribution in [0.3, 0.4) is 0 Å². The van der Waals surface area contributed by atoms with Crippen molar-refractivity contribution in [3.63, 3.8) is 0 Å². The Bertz CT molecular complexity index is 1540. The minimum atomic E-state index is -1.03. The van der Waals surface area contributed by atoms with Gasteiger partial charge in [0.25, 0.3) is 0 Å². The van der Waals surface area contributed by atoms with Gasteiger partial charge in [-0.15, -0.1) is 0 Å². The Balaban J connectivity index is 1.36. The zero-order chi connectivity index (χ0) is 23.4. The Morgan fingerprint density at radius 1 is 0.971 bits per heavy atom. The topological polar surface area (TPSA) is 95.8 Å². The van der Waals surface area contributed by atoms with Gasteiger partial charge < -0.3 is 15.4 Å². The molecule has 3 heterocycles. The van der Waals surface area contributed by atoms with E-state index in [1.54, 1.807) is 18.0 Å². The molecule has 1 unspecified atom stereocenters. The lowest BCUT2D eigenvalue weighted by molar-refractivity contribution is 0.478. The standard InChI is InChI=1S/C26H23N5O2S/c1-31-24(26-28-21-11-18-13-27-14-19(18)12-22(21)29-26)25(32)23(30-31)16-8-6-15(7-9-16)17-4-3-5-20(10-17)34(2)33/h3-12,27,32H,13-14H2,1-2H3,(H,28,29). The van der Waals surface area contributed by atoms with Crippen molar-refractivity contribution in [2.45, 2.75) is 18.0 Å². The summed E-state index contributed by atoms with van der Waals surface area (Å²) in [5, 5.41) is 19.0. The summed E-state index contributed by atoms with van der Waals surface area (Å²) in [6.45, 7) is 1.71. The lowest BCUT2D eigenvalue weighted by atomic mass is 10.0. The van der Waals surface area contributed by atoms with Crippen LogP contribution in [0.5, 0.6) is 5.75 Å². The first-order valence-electron chi connectivity index (χ1n) is 11.0. The molecule has 3 aromatic carbocycles. The quantitative estimate of drug-likeness (QED) is 0.364. The number of fused-ring (bicyclic) bond motifs is 2. The average Bonchev–Trinajstić information content (AvgIpc) is 3.53. The van der Waals surface area contributed by atoms with Crippen LogP contribution in [0.15, 0.2) is 65.6 Å². The Morgan fingerprint density at radius 2 is 1.71 bits per heavy atom. The predicted octanol–water partition coefficient (Wildman–Crippen LogP) is 4.34. The highest BCUT2D eigenvalue weighted by molar-refractivity contribution is 7.84. The molecule has 7 nitrogen and oxygen atoms in total. The van der Waals surface area contributed by atoms with Crippen LogP contribution in [0.1, 0.15) is 11.1 Å². The second-order valence-electron chi connectivity index (χ2n) is 8.56. The van der Waals surface area contributed by atoms with E-state index in [1.807, 2.05) is 48.5 Å². The molecule has 8 heteroatoms. The van der Waals surface area contributed by atoms with Crippen LogP contribution in [0.25, 0.3) is 44.9 Å². The van der Waals surface area contributed by atoms with Crippen molar-refractivity contribution in [2.75, 3.05) is 6.26 Å². The Morgan fingerprint density at radius 3 is 2.47 bits per heavy atom. The van der Waals surface area contributed by atoms with E-state index in [0.717, 1.165) is 45.7 Å². The summed E-state index contributed by atoms with van der Waals surface area (Å²) in [6, 6.07) is 19.8. The number of benzene rings is 3. The molecule has 0 aliphatic carbocycles. The van der Waals surface area contributed by atoms with Gasteiger partial charge in [0.1, 0.15) is 11.4 Å². The molecular weight excluding hydrogens is 446 g/mol. The molecule has 6 rings (SSSR count). The number of nitrogens with zero attached hydrogens (tertiary/aromatic N) is 3. The van der Waals surface area contributed by atoms with E-state index in [1.165, 1.54) is 11.1 Å². The van der Waals surface area contributed by atoms with Crippen molar-refractivity contribution in [1.29, 1.82) is 0 Å². The number of aromatic amines is 1. The molecule has 0 saturated heterocycles. The Hall–Kier alpha value is -3.75. The van der Waals surface area contributed by atoms with Gasteiger partial charge in [-0.2, -0.15) is 5.10 Å². The highest BCUT2D eigenvalue weighted by atomic mass is 32.2. The number of hydrogen-bond acceptors (Lipinski definition) is 5. The van der Waals surface area contributed by atoms with Crippen LogP contribution in [-0.4, -0.2) is 35.3 Å². The van der Waals surface area contributed by atoms with Gasteiger partial charge in [0, 0.05) is 47.7 Å². The van der Waals surface area contributed by atoms with E-state index in [4.69, 9.17) is 4.98 Å². The minimum Gasteiger partial charge on any atom is -0.504 e. The highest BCUT2D eigenvalue weighted by Crippen LogP contribution is 2.38. The van der Waals surface area contributed by atoms with Gasteiger partial charge in [-0.25, -0.2) is 4.98 Å². The zero-order valence-corrected chi connectivity index (χ0v) is 19.6. The maximum atomic E-state index is 11.8. The number of aromatic hydroxyl groups is 1. The predicted molar refractivity (Wildman–Crippen MR) is 134 cm³/mol. The normalized spacial score (nSPS) is 13.9. The first-order valence-corrected chi connectivity index (χ1v) is 12.6. The van der Waals surface area contributed by atoms with Crippen LogP contribution < -0.4 is 5.32 Å². The summed E-state index contributed by atoms with van der Waals surface area (Å²) in [5.74, 6) is 0.679. The number of aromatic nitrogens is 4. The minimum absolute atomic E-state index is 0.0897. The SMILES string of the molecule is Cn1nc(-c2ccc(-c3cccc(S(C)=O)c3)cc2)c(O)c1-c1nc2cc3c(cc2[nH]1)CNC3. The van der Waals surface area contributed by atoms with Crippen molar-refractivity contribution in [1.82, 2.24) is 25.1 Å². The molecule has 1 aliphatic heterocycles. The molecule has 0 amide bonds. The first kappa shape index (κ1) is 20.8. The summed E-state index contributed by atoms with van der Waals surface area (Å²) in [7, 11) is 0.773. The summed E-state index contributed by atoms with van der Waals surface area (Å²) in [6.07, 6.45) is 1.68. The molecule has 170 valence electrons.